The van der Waals surface area contributed by atoms with Crippen molar-refractivity contribution in [3.05, 3.63) is 47.9 Å². The summed E-state index contributed by atoms with van der Waals surface area (Å²) in [6.07, 6.45) is 2.88. The molecule has 0 saturated carbocycles. The molecule has 1 amide bonds. The van der Waals surface area contributed by atoms with Crippen molar-refractivity contribution in [2.45, 2.75) is 12.8 Å². The maximum Gasteiger partial charge on any atom is 0.275 e. The van der Waals surface area contributed by atoms with Gasteiger partial charge in [-0.1, -0.05) is 0 Å². The van der Waals surface area contributed by atoms with E-state index in [0.29, 0.717) is 6.92 Å². The lowest BCUT2D eigenvalue weighted by atomic mass is 10.1. The number of rotatable bonds is 4. The Bertz CT molecular complexity index is 627. The van der Waals surface area contributed by atoms with Gasteiger partial charge in [0.1, 0.15) is 11.4 Å². The second kappa shape index (κ2) is 5.20. The predicted octanol–water partition coefficient (Wildman–Crippen LogP) is 2.48. The molecule has 0 saturated heterocycles. The van der Waals surface area contributed by atoms with Crippen LogP contribution in [0.5, 0.6) is 11.6 Å². The van der Waals surface area contributed by atoms with Crippen LogP contribution in [-0.4, -0.2) is 15.9 Å². The number of aromatic nitrogens is 2. The van der Waals surface area contributed by atoms with E-state index in [0.717, 1.165) is 12.1 Å². The molecule has 0 bridgehead atoms. The van der Waals surface area contributed by atoms with Gasteiger partial charge in [-0.05, 0) is 24.3 Å². The summed E-state index contributed by atoms with van der Waals surface area (Å²) in [5, 5.41) is 0. The van der Waals surface area contributed by atoms with Crippen LogP contribution in [0.1, 0.15) is 23.0 Å². The van der Waals surface area contributed by atoms with E-state index < -0.39 is 17.4 Å². The fourth-order valence-corrected chi connectivity index (χ4v) is 1.51. The van der Waals surface area contributed by atoms with Gasteiger partial charge in [0.25, 0.3) is 11.8 Å². The molecule has 0 aliphatic heterocycles. The number of nitrogens with zero attached hydrogens (tertiary/aromatic N) is 2. The molecule has 0 aliphatic carbocycles. The van der Waals surface area contributed by atoms with Crippen LogP contribution in [0.2, 0.25) is 0 Å². The number of carbonyl (C=O) groups is 1. The molecule has 2 heterocycles. The zero-order chi connectivity index (χ0) is 14.8. The van der Waals surface area contributed by atoms with E-state index in [9.17, 15) is 13.6 Å². The average Bonchev–Trinajstić information content (AvgIpc) is 2.38. The van der Waals surface area contributed by atoms with E-state index in [1.807, 2.05) is 0 Å². The molecule has 0 unspecified atom stereocenters. The summed E-state index contributed by atoms with van der Waals surface area (Å²) in [4.78, 5) is 18.6. The van der Waals surface area contributed by atoms with Crippen molar-refractivity contribution < 1.29 is 18.3 Å². The van der Waals surface area contributed by atoms with Crippen molar-refractivity contribution in [2.75, 3.05) is 0 Å². The van der Waals surface area contributed by atoms with Gasteiger partial charge in [0, 0.05) is 19.3 Å². The SMILES string of the molecule is CC(F)(F)c1ccc(C(N)=O)nc1Oc1ccncc1. The summed E-state index contributed by atoms with van der Waals surface area (Å²) in [6.45, 7) is 0.716. The lowest BCUT2D eigenvalue weighted by molar-refractivity contribution is 0.0149. The lowest BCUT2D eigenvalue weighted by Gasteiger charge is -2.15. The first kappa shape index (κ1) is 13.9. The number of primary amides is 1. The molecule has 0 aromatic carbocycles. The number of hydrogen-bond donors (Lipinski definition) is 1. The summed E-state index contributed by atoms with van der Waals surface area (Å²) in [5.74, 6) is -4.07. The van der Waals surface area contributed by atoms with Gasteiger partial charge >= 0.3 is 0 Å². The number of nitrogens with two attached hydrogens (primary N) is 1. The van der Waals surface area contributed by atoms with Crippen LogP contribution in [0, 0.1) is 0 Å². The van der Waals surface area contributed by atoms with Crippen LogP contribution >= 0.6 is 0 Å². The van der Waals surface area contributed by atoms with E-state index in [2.05, 4.69) is 9.97 Å². The second-order valence-electron chi connectivity index (χ2n) is 4.09. The van der Waals surface area contributed by atoms with Gasteiger partial charge in [0.05, 0.1) is 5.56 Å². The van der Waals surface area contributed by atoms with Crippen molar-refractivity contribution in [1.82, 2.24) is 9.97 Å². The average molecular weight is 279 g/mol. The molecule has 2 aromatic heterocycles. The minimum absolute atomic E-state index is 0.151. The molecular formula is C13H11F2N3O2. The number of amides is 1. The Morgan fingerprint density at radius 2 is 1.90 bits per heavy atom. The van der Waals surface area contributed by atoms with E-state index in [4.69, 9.17) is 10.5 Å². The van der Waals surface area contributed by atoms with Gasteiger partial charge in [-0.25, -0.2) is 13.8 Å². The van der Waals surface area contributed by atoms with Gasteiger partial charge in [-0.15, -0.1) is 0 Å². The van der Waals surface area contributed by atoms with Crippen LogP contribution < -0.4 is 10.5 Å². The van der Waals surface area contributed by atoms with Gasteiger partial charge < -0.3 is 10.5 Å². The quantitative estimate of drug-likeness (QED) is 0.932. The van der Waals surface area contributed by atoms with Crippen LogP contribution in [0.4, 0.5) is 8.78 Å². The Labute approximate surface area is 113 Å². The first-order chi connectivity index (χ1) is 9.38. The fraction of sp³-hybridized carbons (Fsp3) is 0.154. The minimum atomic E-state index is -3.16. The van der Waals surface area contributed by atoms with Crippen molar-refractivity contribution >= 4 is 5.91 Å². The third-order valence-corrected chi connectivity index (χ3v) is 2.45. The minimum Gasteiger partial charge on any atom is -0.438 e. The number of ether oxygens (including phenoxy) is 1. The molecule has 0 fully saturated rings. The van der Waals surface area contributed by atoms with E-state index >= 15 is 0 Å². The molecule has 5 nitrogen and oxygen atoms in total. The summed E-state index contributed by atoms with van der Waals surface area (Å²) >= 11 is 0. The second-order valence-corrected chi connectivity index (χ2v) is 4.09. The maximum atomic E-state index is 13.5. The Balaban J connectivity index is 2.47. The Morgan fingerprint density at radius 3 is 2.45 bits per heavy atom. The Hall–Kier alpha value is -2.57. The molecule has 7 heteroatoms. The third-order valence-electron chi connectivity index (χ3n) is 2.45. The van der Waals surface area contributed by atoms with Gasteiger partial charge in [0.2, 0.25) is 5.88 Å². The lowest BCUT2D eigenvalue weighted by Crippen LogP contribution is -2.16. The van der Waals surface area contributed by atoms with E-state index in [1.54, 1.807) is 0 Å². The molecular weight excluding hydrogens is 268 g/mol. The largest absolute Gasteiger partial charge is 0.438 e. The normalized spacial score (nSPS) is 11.2. The number of halogens is 2. The van der Waals surface area contributed by atoms with E-state index in [1.165, 1.54) is 24.5 Å². The molecule has 2 aromatic rings. The highest BCUT2D eigenvalue weighted by Crippen LogP contribution is 2.35. The molecule has 104 valence electrons. The van der Waals surface area contributed by atoms with Gasteiger partial charge in [-0.2, -0.15) is 0 Å². The number of alkyl halides is 2. The third kappa shape index (κ3) is 3.05. The van der Waals surface area contributed by atoms with Crippen LogP contribution in [-0.2, 0) is 5.92 Å². The highest BCUT2D eigenvalue weighted by Gasteiger charge is 2.30. The summed E-state index contributed by atoms with van der Waals surface area (Å²) in [5.41, 5.74) is 4.50. The molecule has 0 radical (unpaired) electrons. The fourth-order valence-electron chi connectivity index (χ4n) is 1.51. The van der Waals surface area contributed by atoms with E-state index in [-0.39, 0.29) is 17.3 Å². The van der Waals surface area contributed by atoms with Gasteiger partial charge in [0.15, 0.2) is 0 Å². The standard InChI is InChI=1S/C13H11F2N3O2/c1-13(14,15)9-2-3-10(11(16)19)18-12(9)20-8-4-6-17-7-5-8/h2-7H,1H3,(H2,16,19). The van der Waals surface area contributed by atoms with Crippen LogP contribution in [0.3, 0.4) is 0 Å². The molecule has 20 heavy (non-hydrogen) atoms. The molecule has 2 N–H and O–H groups in total. The summed E-state index contributed by atoms with van der Waals surface area (Å²) in [6, 6.07) is 5.17. The zero-order valence-corrected chi connectivity index (χ0v) is 10.5. The topological polar surface area (TPSA) is 78.1 Å². The van der Waals surface area contributed by atoms with Crippen molar-refractivity contribution in [2.24, 2.45) is 5.73 Å². The molecule has 0 atom stereocenters. The highest BCUT2D eigenvalue weighted by molar-refractivity contribution is 5.90. The Kier molecular flexibility index (Phi) is 3.60. The predicted molar refractivity (Wildman–Crippen MR) is 66.6 cm³/mol. The van der Waals surface area contributed by atoms with Crippen molar-refractivity contribution in [3.8, 4) is 11.6 Å². The summed E-state index contributed by atoms with van der Waals surface area (Å²) in [7, 11) is 0. The first-order valence-corrected chi connectivity index (χ1v) is 5.65. The first-order valence-electron chi connectivity index (χ1n) is 5.65. The number of pyridine rings is 2. The number of carbonyl (C=O) groups excluding carboxylic acids is 1. The smallest absolute Gasteiger partial charge is 0.275 e. The molecule has 2 rings (SSSR count). The maximum absolute atomic E-state index is 13.5. The zero-order valence-electron chi connectivity index (χ0n) is 10.5. The van der Waals surface area contributed by atoms with Crippen molar-refractivity contribution in [3.63, 3.8) is 0 Å². The Morgan fingerprint density at radius 1 is 1.25 bits per heavy atom. The van der Waals surface area contributed by atoms with Crippen molar-refractivity contribution in [1.29, 1.82) is 0 Å². The van der Waals surface area contributed by atoms with Crippen LogP contribution in [0.15, 0.2) is 36.7 Å². The van der Waals surface area contributed by atoms with Gasteiger partial charge in [-0.3, -0.25) is 9.78 Å². The molecule has 0 aliphatic rings. The number of hydrogen-bond acceptors (Lipinski definition) is 4. The highest BCUT2D eigenvalue weighted by atomic mass is 19.3. The molecule has 0 spiro atoms. The van der Waals surface area contributed by atoms with Crippen LogP contribution in [0.25, 0.3) is 0 Å². The summed E-state index contributed by atoms with van der Waals surface area (Å²) < 4.78 is 32.3. The monoisotopic (exact) mass is 279 g/mol.